The second-order valence-corrected chi connectivity index (χ2v) is 13.3. The quantitative estimate of drug-likeness (QED) is 0.345. The molecular formula is C34H40N8O4. The van der Waals surface area contributed by atoms with Crippen LogP contribution in [0.15, 0.2) is 41.2 Å². The molecule has 2 heterocycles. The molecule has 12 nitrogen and oxygen atoms in total. The van der Waals surface area contributed by atoms with Gasteiger partial charge in [-0.2, -0.15) is 10.4 Å². The Bertz CT molecular complexity index is 1730. The van der Waals surface area contributed by atoms with Crippen molar-refractivity contribution in [2.24, 2.45) is 5.92 Å². The number of fused-ring (bicyclic) bond motifs is 3. The summed E-state index contributed by atoms with van der Waals surface area (Å²) in [6, 6.07) is 13.1. The molecule has 0 bridgehead atoms. The second kappa shape index (κ2) is 11.9. The van der Waals surface area contributed by atoms with E-state index in [0.717, 1.165) is 35.1 Å². The van der Waals surface area contributed by atoms with Crippen molar-refractivity contribution >= 4 is 17.7 Å². The summed E-state index contributed by atoms with van der Waals surface area (Å²) in [7, 11) is 6.85. The first-order valence-corrected chi connectivity index (χ1v) is 15.7. The van der Waals surface area contributed by atoms with Gasteiger partial charge in [0.05, 0.1) is 18.0 Å². The third-order valence-electron chi connectivity index (χ3n) is 9.76. The van der Waals surface area contributed by atoms with Crippen molar-refractivity contribution in [1.82, 2.24) is 35.2 Å². The summed E-state index contributed by atoms with van der Waals surface area (Å²) in [6.07, 6.45) is 3.29. The zero-order valence-electron chi connectivity index (χ0n) is 26.9. The molecule has 2 fully saturated rings. The van der Waals surface area contributed by atoms with Gasteiger partial charge in [0.1, 0.15) is 11.9 Å². The van der Waals surface area contributed by atoms with Gasteiger partial charge in [-0.05, 0) is 91.5 Å². The van der Waals surface area contributed by atoms with Crippen molar-refractivity contribution in [3.63, 3.8) is 0 Å². The molecule has 3 amide bonds. The summed E-state index contributed by atoms with van der Waals surface area (Å²) >= 11 is 0. The number of piperidine rings is 1. The van der Waals surface area contributed by atoms with Gasteiger partial charge in [-0.3, -0.25) is 19.4 Å². The number of nitriles is 1. The SMILES string of the molecule is C[C@H](CC1(c2n[nH]c(=O)[nH]2)c2ccc(C(=O)N(C)C)cc2CCc2cc(C(=O)N(C)C)ccc21)NCC(=O)N1[C@H](C#N)C[C@@H]2C[C@@H]21. The Morgan fingerprint density at radius 3 is 2.11 bits per heavy atom. The van der Waals surface area contributed by atoms with E-state index in [-0.39, 0.29) is 42.4 Å². The maximum atomic E-state index is 13.3. The Kier molecular flexibility index (Phi) is 8.06. The average Bonchev–Trinajstić information content (AvgIpc) is 3.53. The zero-order chi connectivity index (χ0) is 32.9. The number of nitrogens with one attached hydrogen (secondary N) is 3. The van der Waals surface area contributed by atoms with E-state index in [1.165, 1.54) is 9.80 Å². The second-order valence-electron chi connectivity index (χ2n) is 13.3. The molecule has 1 saturated carbocycles. The fraction of sp³-hybridized carbons (Fsp3) is 0.471. The van der Waals surface area contributed by atoms with Crippen LogP contribution in [0.4, 0.5) is 0 Å². The Hall–Kier alpha value is -4.76. The van der Waals surface area contributed by atoms with Gasteiger partial charge in [0.15, 0.2) is 0 Å². The molecule has 0 unspecified atom stereocenters. The molecule has 1 aliphatic heterocycles. The Labute approximate surface area is 267 Å². The molecule has 0 spiro atoms. The van der Waals surface area contributed by atoms with Gasteiger partial charge in [0.25, 0.3) is 11.8 Å². The largest absolute Gasteiger partial charge is 0.345 e. The van der Waals surface area contributed by atoms with E-state index in [2.05, 4.69) is 26.6 Å². The van der Waals surface area contributed by atoms with E-state index in [4.69, 9.17) is 0 Å². The molecule has 240 valence electrons. The number of likely N-dealkylation sites (tertiary alicyclic amines) is 1. The van der Waals surface area contributed by atoms with E-state index in [1.54, 1.807) is 45.2 Å². The number of hydrogen-bond donors (Lipinski definition) is 3. The first-order chi connectivity index (χ1) is 21.9. The van der Waals surface area contributed by atoms with E-state index in [1.807, 2.05) is 31.2 Å². The van der Waals surface area contributed by atoms with Gasteiger partial charge in [0, 0.05) is 51.4 Å². The minimum Gasteiger partial charge on any atom is -0.345 e. The number of carbonyl (C=O) groups excluding carboxylic acids is 3. The van der Waals surface area contributed by atoms with E-state index in [9.17, 15) is 24.4 Å². The number of H-pyrrole nitrogens is 2. The van der Waals surface area contributed by atoms with Crippen LogP contribution in [-0.4, -0.2) is 100 Å². The maximum Gasteiger partial charge on any atom is 0.340 e. The number of carbonyl (C=O) groups is 3. The highest BCUT2D eigenvalue weighted by Gasteiger charge is 2.54. The lowest BCUT2D eigenvalue weighted by Gasteiger charge is -2.37. The molecule has 3 aliphatic rings. The Morgan fingerprint density at radius 2 is 1.61 bits per heavy atom. The minimum absolute atomic E-state index is 0.0714. The van der Waals surface area contributed by atoms with E-state index < -0.39 is 11.1 Å². The van der Waals surface area contributed by atoms with Crippen LogP contribution in [0.3, 0.4) is 0 Å². The first-order valence-electron chi connectivity index (χ1n) is 15.7. The standard InChI is InChI=1S/C34H40N8O4/c1-19(36-18-29(43)42-25(17-35)14-24-15-28(24)42)16-34(32-37-33(46)39-38-32)26-10-8-22(30(44)40(2)3)12-20(26)6-7-21-13-23(9-11-27(21)34)31(45)41(4)5/h8-13,19,24-25,28,36H,6-7,14-16,18H2,1-5H3,(H2,37,38,39,46)/t19-,24-,25+,28+/m1/s1. The molecule has 46 heavy (non-hydrogen) atoms. The van der Waals surface area contributed by atoms with Crippen molar-refractivity contribution in [1.29, 1.82) is 5.26 Å². The summed E-state index contributed by atoms with van der Waals surface area (Å²) < 4.78 is 0. The summed E-state index contributed by atoms with van der Waals surface area (Å²) in [4.78, 5) is 59.7. The highest BCUT2D eigenvalue weighted by molar-refractivity contribution is 5.95. The molecule has 4 atom stereocenters. The number of aromatic nitrogens is 3. The van der Waals surface area contributed by atoms with Crippen LogP contribution in [-0.2, 0) is 23.1 Å². The Morgan fingerprint density at radius 1 is 1.02 bits per heavy atom. The van der Waals surface area contributed by atoms with Crippen molar-refractivity contribution in [3.05, 3.63) is 86.1 Å². The van der Waals surface area contributed by atoms with Crippen LogP contribution in [0.5, 0.6) is 0 Å². The van der Waals surface area contributed by atoms with Crippen molar-refractivity contribution in [3.8, 4) is 6.07 Å². The van der Waals surface area contributed by atoms with Gasteiger partial charge in [-0.15, -0.1) is 0 Å². The molecule has 2 aliphatic carbocycles. The molecule has 3 aromatic rings. The number of nitrogens with zero attached hydrogens (tertiary/aromatic N) is 5. The summed E-state index contributed by atoms with van der Waals surface area (Å²) in [5, 5.41) is 20.1. The summed E-state index contributed by atoms with van der Waals surface area (Å²) in [6.45, 7) is 2.06. The predicted molar refractivity (Wildman–Crippen MR) is 170 cm³/mol. The first kappa shape index (κ1) is 31.2. The van der Waals surface area contributed by atoms with Crippen LogP contribution in [0.25, 0.3) is 0 Å². The Balaban J connectivity index is 1.44. The number of hydrogen-bond acceptors (Lipinski definition) is 7. The third-order valence-corrected chi connectivity index (χ3v) is 9.76. The fourth-order valence-corrected chi connectivity index (χ4v) is 7.49. The molecule has 0 radical (unpaired) electrons. The number of rotatable bonds is 8. The lowest BCUT2D eigenvalue weighted by molar-refractivity contribution is -0.131. The molecule has 6 rings (SSSR count). The van der Waals surface area contributed by atoms with Crippen molar-refractivity contribution < 1.29 is 14.4 Å². The molecule has 12 heteroatoms. The highest BCUT2D eigenvalue weighted by atomic mass is 16.2. The van der Waals surface area contributed by atoms with Crippen LogP contribution in [0.1, 0.15) is 75.0 Å². The molecule has 1 aromatic heterocycles. The van der Waals surface area contributed by atoms with Crippen LogP contribution >= 0.6 is 0 Å². The van der Waals surface area contributed by atoms with Gasteiger partial charge in [-0.25, -0.2) is 9.89 Å². The fourth-order valence-electron chi connectivity index (χ4n) is 7.49. The zero-order valence-corrected chi connectivity index (χ0v) is 26.9. The number of benzene rings is 2. The number of aryl methyl sites for hydroxylation is 2. The van der Waals surface area contributed by atoms with Crippen molar-refractivity contribution in [2.45, 2.75) is 62.6 Å². The normalized spacial score (nSPS) is 21.2. The molecule has 1 saturated heterocycles. The van der Waals surface area contributed by atoms with Crippen molar-refractivity contribution in [2.75, 3.05) is 34.7 Å². The third kappa shape index (κ3) is 5.38. The smallest absolute Gasteiger partial charge is 0.340 e. The number of aromatic amines is 2. The maximum absolute atomic E-state index is 13.3. The lowest BCUT2D eigenvalue weighted by Crippen LogP contribution is -2.46. The van der Waals surface area contributed by atoms with Crippen LogP contribution in [0.2, 0.25) is 0 Å². The molecule has 2 aromatic carbocycles. The van der Waals surface area contributed by atoms with Gasteiger partial charge in [-0.1, -0.05) is 12.1 Å². The average molecular weight is 625 g/mol. The van der Waals surface area contributed by atoms with Gasteiger partial charge >= 0.3 is 5.69 Å². The van der Waals surface area contributed by atoms with Crippen LogP contribution in [0, 0.1) is 17.2 Å². The van der Waals surface area contributed by atoms with Gasteiger partial charge in [0.2, 0.25) is 5.91 Å². The topological polar surface area (TPSA) is 158 Å². The predicted octanol–water partition coefficient (Wildman–Crippen LogP) is 1.82. The summed E-state index contributed by atoms with van der Waals surface area (Å²) in [5.74, 6) is 0.506. The summed E-state index contributed by atoms with van der Waals surface area (Å²) in [5.41, 5.74) is 3.30. The molecule has 3 N–H and O–H groups in total. The number of amides is 3. The lowest BCUT2D eigenvalue weighted by atomic mass is 9.67. The van der Waals surface area contributed by atoms with E-state index in [0.29, 0.717) is 42.1 Å². The minimum atomic E-state index is -1.00. The highest BCUT2D eigenvalue weighted by Crippen LogP contribution is 2.48. The molecular weight excluding hydrogens is 584 g/mol. The van der Waals surface area contributed by atoms with E-state index >= 15 is 0 Å². The van der Waals surface area contributed by atoms with Crippen LogP contribution < -0.4 is 11.0 Å². The monoisotopic (exact) mass is 624 g/mol. The van der Waals surface area contributed by atoms with Gasteiger partial charge < -0.3 is 20.0 Å².